The molecule has 0 N–H and O–H groups in total. The maximum Gasteiger partial charge on any atom is 0.163 e. The van der Waals surface area contributed by atoms with Crippen molar-refractivity contribution >= 4 is 5.78 Å². The van der Waals surface area contributed by atoms with Crippen LogP contribution in [0.1, 0.15) is 46.0 Å². The van der Waals surface area contributed by atoms with E-state index in [1.54, 1.807) is 0 Å². The van der Waals surface area contributed by atoms with Gasteiger partial charge in [0.05, 0.1) is 0 Å². The van der Waals surface area contributed by atoms with Crippen molar-refractivity contribution in [2.24, 2.45) is 0 Å². The fourth-order valence-electron chi connectivity index (χ4n) is 1.57. The molecule has 0 bridgehead atoms. The van der Waals surface area contributed by atoms with E-state index in [0.717, 1.165) is 24.8 Å². The van der Waals surface area contributed by atoms with Gasteiger partial charge in [0.25, 0.3) is 0 Å². The highest BCUT2D eigenvalue weighted by atomic mass is 16.1. The van der Waals surface area contributed by atoms with Gasteiger partial charge in [-0.2, -0.15) is 0 Å². The van der Waals surface area contributed by atoms with Crippen molar-refractivity contribution in [3.8, 4) is 0 Å². The van der Waals surface area contributed by atoms with Gasteiger partial charge in [-0.3, -0.25) is 4.79 Å². The van der Waals surface area contributed by atoms with E-state index >= 15 is 0 Å². The average Bonchev–Trinajstić information content (AvgIpc) is 2.42. The Morgan fingerprint density at radius 2 is 2.15 bits per heavy atom. The number of carbonyl (C=O) groups is 1. The molecule has 0 fully saturated rings. The number of ketones is 1. The Hall–Kier alpha value is -0.850. The van der Waals surface area contributed by atoms with Crippen molar-refractivity contribution in [2.75, 3.05) is 0 Å². The van der Waals surface area contributed by atoms with Crippen LogP contribution in [0.3, 0.4) is 0 Å². The number of Topliss-reactive ketones (excluding diaryl/α,β-unsaturated/α-hetero) is 1. The first-order valence-corrected chi connectivity index (χ1v) is 5.15. The second kappa shape index (κ2) is 5.00. The molecule has 0 atom stereocenters. The van der Waals surface area contributed by atoms with E-state index < -0.39 is 0 Å². The predicted octanol–water partition coefficient (Wildman–Crippen LogP) is 3.41. The van der Waals surface area contributed by atoms with Crippen molar-refractivity contribution in [1.82, 2.24) is 0 Å². The SMILES string of the molecule is CCCCC=CC1=C(C)CCC1=O. The Morgan fingerprint density at radius 3 is 2.69 bits per heavy atom. The molecule has 1 rings (SSSR count). The van der Waals surface area contributed by atoms with E-state index in [1.807, 2.05) is 6.08 Å². The van der Waals surface area contributed by atoms with E-state index in [9.17, 15) is 4.79 Å². The minimum absolute atomic E-state index is 0.324. The average molecular weight is 178 g/mol. The summed E-state index contributed by atoms with van der Waals surface area (Å²) in [4.78, 5) is 11.3. The maximum atomic E-state index is 11.3. The van der Waals surface area contributed by atoms with Crippen molar-refractivity contribution in [3.05, 3.63) is 23.3 Å². The van der Waals surface area contributed by atoms with Crippen molar-refractivity contribution < 1.29 is 4.79 Å². The lowest BCUT2D eigenvalue weighted by atomic mass is 10.1. The molecule has 13 heavy (non-hydrogen) atoms. The summed E-state index contributed by atoms with van der Waals surface area (Å²) < 4.78 is 0. The smallest absolute Gasteiger partial charge is 0.163 e. The van der Waals surface area contributed by atoms with Gasteiger partial charge >= 0.3 is 0 Å². The van der Waals surface area contributed by atoms with Gasteiger partial charge < -0.3 is 0 Å². The van der Waals surface area contributed by atoms with E-state index in [-0.39, 0.29) is 0 Å². The van der Waals surface area contributed by atoms with Gasteiger partial charge in [0.1, 0.15) is 0 Å². The molecule has 0 saturated carbocycles. The topological polar surface area (TPSA) is 17.1 Å². The second-order valence-corrected chi connectivity index (χ2v) is 3.66. The zero-order chi connectivity index (χ0) is 9.68. The van der Waals surface area contributed by atoms with Crippen LogP contribution in [0.5, 0.6) is 0 Å². The molecule has 0 aliphatic heterocycles. The van der Waals surface area contributed by atoms with Crippen LogP contribution in [-0.2, 0) is 4.79 Å². The maximum absolute atomic E-state index is 11.3. The van der Waals surface area contributed by atoms with Crippen LogP contribution >= 0.6 is 0 Å². The zero-order valence-electron chi connectivity index (χ0n) is 8.60. The van der Waals surface area contributed by atoms with Crippen LogP contribution in [0.15, 0.2) is 23.3 Å². The number of rotatable bonds is 4. The summed E-state index contributed by atoms with van der Waals surface area (Å²) in [5, 5.41) is 0. The standard InChI is InChI=1S/C12H18O/c1-3-4-5-6-7-11-10(2)8-9-12(11)13/h6-7H,3-5,8-9H2,1-2H3. The Bertz CT molecular complexity index is 246. The molecule has 1 aliphatic rings. The molecule has 0 heterocycles. The van der Waals surface area contributed by atoms with Crippen LogP contribution in [0.25, 0.3) is 0 Å². The van der Waals surface area contributed by atoms with Gasteiger partial charge in [-0.25, -0.2) is 0 Å². The first kappa shape index (κ1) is 10.2. The lowest BCUT2D eigenvalue weighted by molar-refractivity contribution is -0.114. The number of hydrogen-bond donors (Lipinski definition) is 0. The molecule has 0 amide bonds. The summed E-state index contributed by atoms with van der Waals surface area (Å²) >= 11 is 0. The normalized spacial score (nSPS) is 17.8. The van der Waals surface area contributed by atoms with E-state index in [1.165, 1.54) is 18.4 Å². The molecule has 0 aromatic carbocycles. The largest absolute Gasteiger partial charge is 0.294 e. The minimum Gasteiger partial charge on any atom is -0.294 e. The van der Waals surface area contributed by atoms with E-state index in [4.69, 9.17) is 0 Å². The van der Waals surface area contributed by atoms with Gasteiger partial charge in [0.2, 0.25) is 0 Å². The second-order valence-electron chi connectivity index (χ2n) is 3.66. The first-order valence-electron chi connectivity index (χ1n) is 5.15. The predicted molar refractivity (Wildman–Crippen MR) is 55.6 cm³/mol. The molecule has 0 radical (unpaired) electrons. The summed E-state index contributed by atoms with van der Waals surface area (Å²) in [6, 6.07) is 0. The fourth-order valence-corrected chi connectivity index (χ4v) is 1.57. The highest BCUT2D eigenvalue weighted by Crippen LogP contribution is 2.23. The number of allylic oxidation sites excluding steroid dienone is 4. The lowest BCUT2D eigenvalue weighted by Gasteiger charge is -1.93. The van der Waals surface area contributed by atoms with Gasteiger partial charge in [-0.1, -0.05) is 37.5 Å². The molecular weight excluding hydrogens is 160 g/mol. The summed E-state index contributed by atoms with van der Waals surface area (Å²) in [5.74, 6) is 0.324. The van der Waals surface area contributed by atoms with Gasteiger partial charge in [0, 0.05) is 12.0 Å². The Balaban J connectivity index is 2.47. The van der Waals surface area contributed by atoms with Crippen molar-refractivity contribution in [1.29, 1.82) is 0 Å². The third-order valence-corrected chi connectivity index (χ3v) is 2.50. The molecule has 1 aliphatic carbocycles. The van der Waals surface area contributed by atoms with Crippen LogP contribution in [-0.4, -0.2) is 5.78 Å². The summed E-state index contributed by atoms with van der Waals surface area (Å²) in [6.07, 6.45) is 9.37. The molecule has 0 saturated heterocycles. The highest BCUT2D eigenvalue weighted by molar-refractivity contribution is 6.01. The number of unbranched alkanes of at least 4 members (excludes halogenated alkanes) is 2. The lowest BCUT2D eigenvalue weighted by Crippen LogP contribution is -1.92. The highest BCUT2D eigenvalue weighted by Gasteiger charge is 2.16. The quantitative estimate of drug-likeness (QED) is 0.603. The summed E-state index contributed by atoms with van der Waals surface area (Å²) in [7, 11) is 0. The van der Waals surface area contributed by atoms with Crippen LogP contribution in [0, 0.1) is 0 Å². The molecular formula is C12H18O. The van der Waals surface area contributed by atoms with Crippen LogP contribution in [0.4, 0.5) is 0 Å². The van der Waals surface area contributed by atoms with E-state index in [2.05, 4.69) is 19.9 Å². The molecule has 0 unspecified atom stereocenters. The van der Waals surface area contributed by atoms with Crippen LogP contribution in [0.2, 0.25) is 0 Å². The van der Waals surface area contributed by atoms with Gasteiger partial charge in [-0.05, 0) is 19.8 Å². The third-order valence-electron chi connectivity index (χ3n) is 2.50. The monoisotopic (exact) mass is 178 g/mol. The summed E-state index contributed by atoms with van der Waals surface area (Å²) in [6.45, 7) is 4.24. The Morgan fingerprint density at radius 1 is 1.38 bits per heavy atom. The minimum atomic E-state index is 0.324. The molecule has 1 heteroatoms. The Kier molecular flexibility index (Phi) is 3.94. The number of hydrogen-bond acceptors (Lipinski definition) is 1. The molecule has 0 spiro atoms. The van der Waals surface area contributed by atoms with Crippen molar-refractivity contribution in [3.63, 3.8) is 0 Å². The fraction of sp³-hybridized carbons (Fsp3) is 0.583. The number of carbonyl (C=O) groups excluding carboxylic acids is 1. The molecule has 0 aromatic rings. The van der Waals surface area contributed by atoms with Crippen molar-refractivity contribution in [2.45, 2.75) is 46.0 Å². The molecule has 1 nitrogen and oxygen atoms in total. The zero-order valence-corrected chi connectivity index (χ0v) is 8.60. The summed E-state index contributed by atoms with van der Waals surface area (Å²) in [5.41, 5.74) is 2.23. The third kappa shape index (κ3) is 2.83. The van der Waals surface area contributed by atoms with Gasteiger partial charge in [-0.15, -0.1) is 0 Å². The molecule has 72 valence electrons. The van der Waals surface area contributed by atoms with Crippen LogP contribution < -0.4 is 0 Å². The molecule has 0 aromatic heterocycles. The Labute approximate surface area is 80.5 Å². The first-order chi connectivity index (χ1) is 6.25. The van der Waals surface area contributed by atoms with Gasteiger partial charge in [0.15, 0.2) is 5.78 Å². The van der Waals surface area contributed by atoms with E-state index in [0.29, 0.717) is 5.78 Å².